The van der Waals surface area contributed by atoms with Crippen LogP contribution in [0.15, 0.2) is 24.3 Å². The molecule has 0 aliphatic carbocycles. The molecule has 0 heterocycles. The number of sulfone groups is 1. The molecule has 1 amide bonds. The Morgan fingerprint density at radius 2 is 1.78 bits per heavy atom. The van der Waals surface area contributed by atoms with E-state index in [-0.39, 0.29) is 23.4 Å². The van der Waals surface area contributed by atoms with Crippen LogP contribution in [0, 0.1) is 0 Å². The van der Waals surface area contributed by atoms with Gasteiger partial charge >= 0.3 is 5.97 Å². The Balaban J connectivity index is 2.76. The number of carboxylic acids is 1. The largest absolute Gasteiger partial charge is 0.478 e. The number of carbonyl (C=O) groups is 2. The van der Waals surface area contributed by atoms with Gasteiger partial charge in [0.2, 0.25) is 0 Å². The lowest BCUT2D eigenvalue weighted by atomic mass is 10.1. The highest BCUT2D eigenvalue weighted by molar-refractivity contribution is 7.90. The Morgan fingerprint density at radius 3 is 2.28 bits per heavy atom. The van der Waals surface area contributed by atoms with Crippen molar-refractivity contribution in [2.24, 2.45) is 0 Å². The van der Waals surface area contributed by atoms with Crippen molar-refractivity contribution in [2.75, 3.05) is 18.6 Å². The molecule has 0 radical (unpaired) electrons. The molecule has 0 unspecified atom stereocenters. The molecular formula is C11H13NO5S. The van der Waals surface area contributed by atoms with Gasteiger partial charge in [0.25, 0.3) is 5.91 Å². The average molecular weight is 271 g/mol. The predicted octanol–water partition coefficient (Wildman–Crippen LogP) is 0.159. The van der Waals surface area contributed by atoms with Gasteiger partial charge in [-0.25, -0.2) is 13.2 Å². The molecule has 1 aromatic carbocycles. The molecule has 2 N–H and O–H groups in total. The summed E-state index contributed by atoms with van der Waals surface area (Å²) in [4.78, 5) is 22.6. The van der Waals surface area contributed by atoms with Gasteiger partial charge < -0.3 is 10.4 Å². The summed E-state index contributed by atoms with van der Waals surface area (Å²) in [5, 5.41) is 11.3. The van der Waals surface area contributed by atoms with Crippen molar-refractivity contribution in [1.82, 2.24) is 5.32 Å². The molecule has 18 heavy (non-hydrogen) atoms. The minimum Gasteiger partial charge on any atom is -0.478 e. The summed E-state index contributed by atoms with van der Waals surface area (Å²) < 4.78 is 21.8. The monoisotopic (exact) mass is 271 g/mol. The summed E-state index contributed by atoms with van der Waals surface area (Å²) in [6.45, 7) is -0.0500. The van der Waals surface area contributed by atoms with Gasteiger partial charge in [-0.1, -0.05) is 12.1 Å². The molecule has 0 saturated carbocycles. The van der Waals surface area contributed by atoms with Crippen molar-refractivity contribution in [3.8, 4) is 0 Å². The lowest BCUT2D eigenvalue weighted by molar-refractivity contribution is 0.0691. The highest BCUT2D eigenvalue weighted by Gasteiger charge is 2.15. The lowest BCUT2D eigenvalue weighted by Gasteiger charge is -2.06. The zero-order valence-electron chi connectivity index (χ0n) is 9.71. The first-order valence-corrected chi connectivity index (χ1v) is 7.15. The number of hydrogen-bond donors (Lipinski definition) is 2. The first-order valence-electron chi connectivity index (χ1n) is 5.09. The third-order valence-corrected chi connectivity index (χ3v) is 3.11. The summed E-state index contributed by atoms with van der Waals surface area (Å²) in [5.74, 6) is -1.99. The van der Waals surface area contributed by atoms with E-state index in [1.165, 1.54) is 24.3 Å². The molecule has 0 atom stereocenters. The second kappa shape index (κ2) is 5.63. The molecule has 7 heteroatoms. The number of carboxylic acid groups (broad SMARTS) is 1. The number of carbonyl (C=O) groups excluding carboxylic acids is 1. The highest BCUT2D eigenvalue weighted by Crippen LogP contribution is 2.08. The van der Waals surface area contributed by atoms with Gasteiger partial charge in [-0.15, -0.1) is 0 Å². The Morgan fingerprint density at radius 1 is 1.22 bits per heavy atom. The normalized spacial score (nSPS) is 10.9. The van der Waals surface area contributed by atoms with E-state index < -0.39 is 21.7 Å². The molecule has 0 saturated heterocycles. The quantitative estimate of drug-likeness (QED) is 0.794. The van der Waals surface area contributed by atoms with Crippen LogP contribution in [-0.4, -0.2) is 44.0 Å². The third kappa shape index (κ3) is 4.17. The zero-order valence-corrected chi connectivity index (χ0v) is 10.5. The Hall–Kier alpha value is -1.89. The first kappa shape index (κ1) is 14.2. The van der Waals surface area contributed by atoms with Crippen LogP contribution in [0.1, 0.15) is 20.7 Å². The number of aromatic carboxylic acids is 1. The number of nitrogens with one attached hydrogen (secondary N) is 1. The summed E-state index contributed by atoms with van der Waals surface area (Å²) in [6.07, 6.45) is 1.06. The molecule has 0 aliphatic rings. The van der Waals surface area contributed by atoms with E-state index in [1.807, 2.05) is 0 Å². The lowest BCUT2D eigenvalue weighted by Crippen LogP contribution is -2.30. The summed E-state index contributed by atoms with van der Waals surface area (Å²) in [6, 6.07) is 5.74. The standard InChI is InChI=1S/C11H13NO5S/c1-18(16,17)7-6-12-10(13)8-4-2-3-5-9(8)11(14)15/h2-5H,6-7H2,1H3,(H,12,13)(H,14,15). The fourth-order valence-electron chi connectivity index (χ4n) is 1.31. The SMILES string of the molecule is CS(=O)(=O)CCNC(=O)c1ccccc1C(=O)O. The number of hydrogen-bond acceptors (Lipinski definition) is 4. The van der Waals surface area contributed by atoms with Crippen molar-refractivity contribution in [3.05, 3.63) is 35.4 Å². The molecular weight excluding hydrogens is 258 g/mol. The van der Waals surface area contributed by atoms with Gasteiger partial charge in [0.05, 0.1) is 16.9 Å². The van der Waals surface area contributed by atoms with Gasteiger partial charge in [0.15, 0.2) is 0 Å². The van der Waals surface area contributed by atoms with Crippen molar-refractivity contribution >= 4 is 21.7 Å². The summed E-state index contributed by atoms with van der Waals surface area (Å²) in [5.41, 5.74) is -0.104. The van der Waals surface area contributed by atoms with E-state index in [0.29, 0.717) is 0 Å². The van der Waals surface area contributed by atoms with E-state index in [2.05, 4.69) is 5.32 Å². The van der Waals surface area contributed by atoms with Crippen LogP contribution in [-0.2, 0) is 9.84 Å². The van der Waals surface area contributed by atoms with Crippen molar-refractivity contribution in [2.45, 2.75) is 0 Å². The molecule has 6 nitrogen and oxygen atoms in total. The molecule has 0 aromatic heterocycles. The molecule has 0 spiro atoms. The van der Waals surface area contributed by atoms with Crippen LogP contribution in [0.25, 0.3) is 0 Å². The predicted molar refractivity (Wildman–Crippen MR) is 65.4 cm³/mol. The average Bonchev–Trinajstić information content (AvgIpc) is 2.27. The van der Waals surface area contributed by atoms with Gasteiger partial charge in [-0.05, 0) is 12.1 Å². The van der Waals surface area contributed by atoms with Gasteiger partial charge in [0.1, 0.15) is 9.84 Å². The number of benzene rings is 1. The number of amides is 1. The van der Waals surface area contributed by atoms with E-state index in [9.17, 15) is 18.0 Å². The van der Waals surface area contributed by atoms with Gasteiger partial charge in [0, 0.05) is 12.8 Å². The van der Waals surface area contributed by atoms with Crippen LogP contribution in [0.2, 0.25) is 0 Å². The van der Waals surface area contributed by atoms with E-state index in [0.717, 1.165) is 6.26 Å². The molecule has 0 aliphatic heterocycles. The van der Waals surface area contributed by atoms with Gasteiger partial charge in [-0.3, -0.25) is 4.79 Å². The minimum absolute atomic E-state index is 0.0125. The maximum atomic E-state index is 11.7. The third-order valence-electron chi connectivity index (χ3n) is 2.16. The van der Waals surface area contributed by atoms with Crippen LogP contribution in [0.5, 0.6) is 0 Å². The van der Waals surface area contributed by atoms with E-state index in [4.69, 9.17) is 5.11 Å². The first-order chi connectivity index (χ1) is 8.31. The molecule has 0 bridgehead atoms. The molecule has 1 aromatic rings. The molecule has 98 valence electrons. The Bertz CT molecular complexity index is 565. The van der Waals surface area contributed by atoms with Gasteiger partial charge in [-0.2, -0.15) is 0 Å². The zero-order chi connectivity index (χ0) is 13.8. The van der Waals surface area contributed by atoms with Crippen molar-refractivity contribution < 1.29 is 23.1 Å². The smallest absolute Gasteiger partial charge is 0.336 e. The maximum Gasteiger partial charge on any atom is 0.336 e. The van der Waals surface area contributed by atoms with E-state index in [1.54, 1.807) is 0 Å². The van der Waals surface area contributed by atoms with E-state index >= 15 is 0 Å². The highest BCUT2D eigenvalue weighted by atomic mass is 32.2. The van der Waals surface area contributed by atoms with Crippen LogP contribution >= 0.6 is 0 Å². The van der Waals surface area contributed by atoms with Crippen LogP contribution < -0.4 is 5.32 Å². The maximum absolute atomic E-state index is 11.7. The molecule has 1 rings (SSSR count). The molecule has 0 fully saturated rings. The van der Waals surface area contributed by atoms with Crippen LogP contribution in [0.3, 0.4) is 0 Å². The fourth-order valence-corrected chi connectivity index (χ4v) is 1.79. The van der Waals surface area contributed by atoms with Crippen molar-refractivity contribution in [3.63, 3.8) is 0 Å². The minimum atomic E-state index is -3.16. The second-order valence-electron chi connectivity index (χ2n) is 3.74. The second-order valence-corrected chi connectivity index (χ2v) is 6.00. The Labute approximate surface area is 105 Å². The summed E-state index contributed by atoms with van der Waals surface area (Å²) in [7, 11) is -3.16. The Kier molecular flexibility index (Phi) is 4.43. The fraction of sp³-hybridized carbons (Fsp3) is 0.273. The number of rotatable bonds is 5. The topological polar surface area (TPSA) is 101 Å². The summed E-state index contributed by atoms with van der Waals surface area (Å²) >= 11 is 0. The van der Waals surface area contributed by atoms with Crippen molar-refractivity contribution in [1.29, 1.82) is 0 Å². The van der Waals surface area contributed by atoms with Crippen LogP contribution in [0.4, 0.5) is 0 Å².